The second-order valence-electron chi connectivity index (χ2n) is 4.79. The fraction of sp³-hybridized carbons (Fsp3) is 0.250. The predicted octanol–water partition coefficient (Wildman–Crippen LogP) is 3.70. The average molecular weight is 275 g/mol. The van der Waals surface area contributed by atoms with Gasteiger partial charge in [-0.1, -0.05) is 35.9 Å². The van der Waals surface area contributed by atoms with E-state index in [1.807, 2.05) is 32.3 Å². The monoisotopic (exact) mass is 274 g/mol. The van der Waals surface area contributed by atoms with Crippen molar-refractivity contribution < 1.29 is 0 Å². The SMILES string of the molecule is CN(C)c1ccc(CNCc2cccc(Cl)c2)cc1. The van der Waals surface area contributed by atoms with Crippen LogP contribution in [0.15, 0.2) is 48.5 Å². The normalized spacial score (nSPS) is 10.5. The molecule has 2 aromatic rings. The largest absolute Gasteiger partial charge is 0.378 e. The third kappa shape index (κ3) is 4.27. The molecular weight excluding hydrogens is 256 g/mol. The molecule has 0 bridgehead atoms. The van der Waals surface area contributed by atoms with Gasteiger partial charge in [0, 0.05) is 37.9 Å². The Morgan fingerprint density at radius 3 is 2.26 bits per heavy atom. The van der Waals surface area contributed by atoms with Crippen molar-refractivity contribution in [3.8, 4) is 0 Å². The number of benzene rings is 2. The van der Waals surface area contributed by atoms with Crippen molar-refractivity contribution in [2.45, 2.75) is 13.1 Å². The van der Waals surface area contributed by atoms with Gasteiger partial charge >= 0.3 is 0 Å². The quantitative estimate of drug-likeness (QED) is 0.894. The van der Waals surface area contributed by atoms with E-state index in [4.69, 9.17) is 11.6 Å². The smallest absolute Gasteiger partial charge is 0.0409 e. The summed E-state index contributed by atoms with van der Waals surface area (Å²) in [4.78, 5) is 2.10. The summed E-state index contributed by atoms with van der Waals surface area (Å²) in [5, 5.41) is 4.21. The van der Waals surface area contributed by atoms with Gasteiger partial charge in [-0.2, -0.15) is 0 Å². The zero-order chi connectivity index (χ0) is 13.7. The highest BCUT2D eigenvalue weighted by molar-refractivity contribution is 6.30. The standard InChI is InChI=1S/C16H19ClN2/c1-19(2)16-8-6-13(7-9-16)11-18-12-14-4-3-5-15(17)10-14/h3-10,18H,11-12H2,1-2H3. The van der Waals surface area contributed by atoms with Crippen molar-refractivity contribution in [1.82, 2.24) is 5.32 Å². The van der Waals surface area contributed by atoms with Gasteiger partial charge in [-0.25, -0.2) is 0 Å². The van der Waals surface area contributed by atoms with E-state index < -0.39 is 0 Å². The van der Waals surface area contributed by atoms with E-state index >= 15 is 0 Å². The lowest BCUT2D eigenvalue weighted by Gasteiger charge is -2.13. The predicted molar refractivity (Wildman–Crippen MR) is 82.8 cm³/mol. The molecule has 19 heavy (non-hydrogen) atoms. The van der Waals surface area contributed by atoms with E-state index in [1.54, 1.807) is 0 Å². The van der Waals surface area contributed by atoms with Gasteiger partial charge < -0.3 is 10.2 Å². The molecule has 0 aromatic heterocycles. The summed E-state index contributed by atoms with van der Waals surface area (Å²) in [5.41, 5.74) is 3.71. The van der Waals surface area contributed by atoms with Crippen LogP contribution in [0.3, 0.4) is 0 Å². The Kier molecular flexibility index (Phi) is 4.83. The van der Waals surface area contributed by atoms with Crippen LogP contribution in [-0.4, -0.2) is 14.1 Å². The molecule has 0 spiro atoms. The van der Waals surface area contributed by atoms with Crippen LogP contribution in [0.4, 0.5) is 5.69 Å². The summed E-state index contributed by atoms with van der Waals surface area (Å²) in [5.74, 6) is 0. The highest BCUT2D eigenvalue weighted by Gasteiger charge is 1.97. The van der Waals surface area contributed by atoms with Gasteiger partial charge in [0.25, 0.3) is 0 Å². The minimum atomic E-state index is 0.787. The second-order valence-corrected chi connectivity index (χ2v) is 5.23. The molecule has 0 amide bonds. The molecule has 0 radical (unpaired) electrons. The molecule has 0 aliphatic heterocycles. The number of hydrogen-bond acceptors (Lipinski definition) is 2. The summed E-state index contributed by atoms with van der Waals surface area (Å²) in [6.45, 7) is 1.69. The Hall–Kier alpha value is -1.51. The Bertz CT molecular complexity index is 521. The molecule has 0 aliphatic rings. The average Bonchev–Trinajstić information content (AvgIpc) is 2.39. The Morgan fingerprint density at radius 1 is 0.947 bits per heavy atom. The van der Waals surface area contributed by atoms with E-state index in [2.05, 4.69) is 40.5 Å². The minimum absolute atomic E-state index is 0.787. The number of nitrogens with one attached hydrogen (secondary N) is 1. The van der Waals surface area contributed by atoms with Gasteiger partial charge in [-0.05, 0) is 35.4 Å². The highest BCUT2D eigenvalue weighted by Crippen LogP contribution is 2.13. The Morgan fingerprint density at radius 2 is 1.63 bits per heavy atom. The van der Waals surface area contributed by atoms with E-state index in [0.717, 1.165) is 18.1 Å². The molecule has 0 atom stereocenters. The van der Waals surface area contributed by atoms with Crippen molar-refractivity contribution in [3.63, 3.8) is 0 Å². The summed E-state index contributed by atoms with van der Waals surface area (Å²) in [6.07, 6.45) is 0. The highest BCUT2D eigenvalue weighted by atomic mass is 35.5. The minimum Gasteiger partial charge on any atom is -0.378 e. The van der Waals surface area contributed by atoms with Crippen molar-refractivity contribution in [1.29, 1.82) is 0 Å². The Balaban J connectivity index is 1.85. The van der Waals surface area contributed by atoms with Crippen molar-refractivity contribution in [3.05, 3.63) is 64.7 Å². The number of hydrogen-bond donors (Lipinski definition) is 1. The second kappa shape index (κ2) is 6.60. The summed E-state index contributed by atoms with van der Waals surface area (Å²) >= 11 is 5.96. The molecule has 100 valence electrons. The van der Waals surface area contributed by atoms with Crippen LogP contribution in [0.5, 0.6) is 0 Å². The van der Waals surface area contributed by atoms with Crippen LogP contribution in [0.25, 0.3) is 0 Å². The van der Waals surface area contributed by atoms with Crippen molar-refractivity contribution >= 4 is 17.3 Å². The topological polar surface area (TPSA) is 15.3 Å². The lowest BCUT2D eigenvalue weighted by Crippen LogP contribution is -2.13. The lowest BCUT2D eigenvalue weighted by atomic mass is 10.2. The van der Waals surface area contributed by atoms with Crippen molar-refractivity contribution in [2.24, 2.45) is 0 Å². The van der Waals surface area contributed by atoms with E-state index in [9.17, 15) is 0 Å². The van der Waals surface area contributed by atoms with Gasteiger partial charge in [0.15, 0.2) is 0 Å². The molecule has 2 aromatic carbocycles. The van der Waals surface area contributed by atoms with Gasteiger partial charge in [0.05, 0.1) is 0 Å². The maximum absolute atomic E-state index is 5.96. The lowest BCUT2D eigenvalue weighted by molar-refractivity contribution is 0.693. The zero-order valence-electron chi connectivity index (χ0n) is 11.4. The molecule has 0 unspecified atom stereocenters. The zero-order valence-corrected chi connectivity index (χ0v) is 12.1. The van der Waals surface area contributed by atoms with Crippen LogP contribution in [0.1, 0.15) is 11.1 Å². The maximum Gasteiger partial charge on any atom is 0.0409 e. The summed E-state index contributed by atoms with van der Waals surface area (Å²) in [6, 6.07) is 16.5. The molecule has 0 saturated carbocycles. The van der Waals surface area contributed by atoms with Crippen LogP contribution in [-0.2, 0) is 13.1 Å². The van der Waals surface area contributed by atoms with E-state index in [1.165, 1.54) is 16.8 Å². The number of halogens is 1. The fourth-order valence-corrected chi connectivity index (χ4v) is 2.12. The van der Waals surface area contributed by atoms with Gasteiger partial charge in [0.2, 0.25) is 0 Å². The van der Waals surface area contributed by atoms with Gasteiger partial charge in [-0.15, -0.1) is 0 Å². The van der Waals surface area contributed by atoms with Crippen LogP contribution in [0, 0.1) is 0 Å². The molecule has 0 fully saturated rings. The first-order valence-electron chi connectivity index (χ1n) is 6.36. The summed E-state index contributed by atoms with van der Waals surface area (Å²) < 4.78 is 0. The number of nitrogens with zero attached hydrogens (tertiary/aromatic N) is 1. The van der Waals surface area contributed by atoms with Crippen LogP contribution in [0.2, 0.25) is 5.02 Å². The first kappa shape index (κ1) is 13.9. The van der Waals surface area contributed by atoms with Gasteiger partial charge in [0.1, 0.15) is 0 Å². The molecular formula is C16H19ClN2. The Labute approximate surface area is 120 Å². The summed E-state index contributed by atoms with van der Waals surface area (Å²) in [7, 11) is 4.10. The van der Waals surface area contributed by atoms with Crippen LogP contribution >= 0.6 is 11.6 Å². The molecule has 0 saturated heterocycles. The number of rotatable bonds is 5. The molecule has 1 N–H and O–H groups in total. The van der Waals surface area contributed by atoms with Gasteiger partial charge in [-0.3, -0.25) is 0 Å². The fourth-order valence-electron chi connectivity index (χ4n) is 1.91. The molecule has 2 nitrogen and oxygen atoms in total. The molecule has 0 aliphatic carbocycles. The maximum atomic E-state index is 5.96. The first-order chi connectivity index (χ1) is 9.15. The van der Waals surface area contributed by atoms with Crippen molar-refractivity contribution in [2.75, 3.05) is 19.0 Å². The third-order valence-electron chi connectivity index (χ3n) is 3.00. The van der Waals surface area contributed by atoms with E-state index in [0.29, 0.717) is 0 Å². The van der Waals surface area contributed by atoms with E-state index in [-0.39, 0.29) is 0 Å². The molecule has 3 heteroatoms. The molecule has 0 heterocycles. The third-order valence-corrected chi connectivity index (χ3v) is 3.24. The first-order valence-corrected chi connectivity index (χ1v) is 6.74. The molecule has 2 rings (SSSR count). The number of anilines is 1. The van der Waals surface area contributed by atoms with Crippen LogP contribution < -0.4 is 10.2 Å².